The van der Waals surface area contributed by atoms with E-state index in [1.807, 2.05) is 12.1 Å². The maximum Gasteiger partial charge on any atom is 0.127 e. The Morgan fingerprint density at radius 2 is 1.96 bits per heavy atom. The van der Waals surface area contributed by atoms with Gasteiger partial charge >= 0.3 is 0 Å². The van der Waals surface area contributed by atoms with Crippen molar-refractivity contribution < 1.29 is 14.4 Å². The molecule has 124 valence electrons. The van der Waals surface area contributed by atoms with Crippen molar-refractivity contribution >= 4 is 10.9 Å². The van der Waals surface area contributed by atoms with E-state index >= 15 is 0 Å². The number of hydrogen-bond donors (Lipinski definition) is 2. The van der Waals surface area contributed by atoms with Gasteiger partial charge in [0.15, 0.2) is 0 Å². The highest BCUT2D eigenvalue weighted by Gasteiger charge is 2.24. The molecule has 1 unspecified atom stereocenters. The Hall–Kier alpha value is -2.46. The minimum Gasteiger partial charge on any atom is -0.497 e. The first-order valence-corrected chi connectivity index (χ1v) is 8.41. The monoisotopic (exact) mass is 323 g/mol. The molecule has 2 N–H and O–H groups in total. The number of hydrogen-bond acceptors (Lipinski definition) is 2. The number of nitrogens with one attached hydrogen (secondary N) is 2. The third kappa shape index (κ3) is 2.63. The summed E-state index contributed by atoms with van der Waals surface area (Å²) < 4.78 is 10.9. The molecule has 0 amide bonds. The van der Waals surface area contributed by atoms with Crippen LogP contribution in [0.15, 0.2) is 42.5 Å². The number of fused-ring (bicyclic) bond motifs is 3. The molecule has 0 radical (unpaired) electrons. The smallest absolute Gasteiger partial charge is 0.127 e. The van der Waals surface area contributed by atoms with Crippen LogP contribution in [0.2, 0.25) is 0 Å². The summed E-state index contributed by atoms with van der Waals surface area (Å²) in [7, 11) is 3.43. The van der Waals surface area contributed by atoms with E-state index in [1.54, 1.807) is 19.1 Å². The average Bonchev–Trinajstić information content (AvgIpc) is 2.99. The zero-order valence-electron chi connectivity index (χ0n) is 14.2. The van der Waals surface area contributed by atoms with Crippen molar-refractivity contribution in [2.75, 3.05) is 20.8 Å². The van der Waals surface area contributed by atoms with Gasteiger partial charge in [0.25, 0.3) is 0 Å². The number of H-pyrrole nitrogens is 1. The van der Waals surface area contributed by atoms with Crippen molar-refractivity contribution in [2.24, 2.45) is 0 Å². The van der Waals surface area contributed by atoms with Crippen LogP contribution in [0.4, 0.5) is 0 Å². The molecule has 0 bridgehead atoms. The molecule has 1 aliphatic rings. The topological polar surface area (TPSA) is 38.7 Å². The van der Waals surface area contributed by atoms with Gasteiger partial charge in [0, 0.05) is 17.3 Å². The Morgan fingerprint density at radius 3 is 2.79 bits per heavy atom. The zero-order chi connectivity index (χ0) is 16.5. The number of quaternary nitrogens is 1. The third-order valence-electron chi connectivity index (χ3n) is 4.99. The lowest BCUT2D eigenvalue weighted by molar-refractivity contribution is -0.929. The molecule has 24 heavy (non-hydrogen) atoms. The zero-order valence-corrected chi connectivity index (χ0v) is 14.2. The fraction of sp³-hybridized carbons (Fsp3) is 0.300. The molecule has 1 aromatic heterocycles. The molecule has 1 aliphatic heterocycles. The van der Waals surface area contributed by atoms with E-state index in [2.05, 4.69) is 35.3 Å². The minimum absolute atomic E-state index is 0.883. The Kier molecular flexibility index (Phi) is 3.90. The molecule has 4 heteroatoms. The van der Waals surface area contributed by atoms with Gasteiger partial charge in [-0.05, 0) is 29.8 Å². The van der Waals surface area contributed by atoms with Gasteiger partial charge < -0.3 is 19.4 Å². The van der Waals surface area contributed by atoms with Gasteiger partial charge in [-0.15, -0.1) is 0 Å². The number of methoxy groups -OCH3 is 2. The van der Waals surface area contributed by atoms with Gasteiger partial charge in [0.1, 0.15) is 24.6 Å². The molecule has 0 fully saturated rings. The fourth-order valence-electron chi connectivity index (χ4n) is 3.77. The second-order valence-corrected chi connectivity index (χ2v) is 6.41. The highest BCUT2D eigenvalue weighted by atomic mass is 16.5. The van der Waals surface area contributed by atoms with Crippen molar-refractivity contribution in [3.05, 3.63) is 59.3 Å². The van der Waals surface area contributed by atoms with E-state index < -0.39 is 0 Å². The standard InChI is InChI=1S/C20H22N2O2/c1-23-15-7-8-20(24-2)14(11-15)12-22-10-9-17-16-5-3-4-6-18(16)21-19(17)13-22/h3-8,11,21H,9-10,12-13H2,1-2H3/p+1. The number of rotatable bonds is 4. The van der Waals surface area contributed by atoms with E-state index in [0.29, 0.717) is 0 Å². The van der Waals surface area contributed by atoms with Crippen LogP contribution in [0.5, 0.6) is 11.5 Å². The fourth-order valence-corrected chi connectivity index (χ4v) is 3.77. The quantitative estimate of drug-likeness (QED) is 0.773. The van der Waals surface area contributed by atoms with Gasteiger partial charge in [-0.3, -0.25) is 0 Å². The first-order valence-electron chi connectivity index (χ1n) is 8.41. The highest BCUT2D eigenvalue weighted by Crippen LogP contribution is 2.25. The predicted octanol–water partition coefficient (Wildman–Crippen LogP) is 2.33. The van der Waals surface area contributed by atoms with Crippen molar-refractivity contribution in [3.8, 4) is 11.5 Å². The van der Waals surface area contributed by atoms with Crippen molar-refractivity contribution in [1.82, 2.24) is 4.98 Å². The lowest BCUT2D eigenvalue weighted by atomic mass is 10.0. The molecule has 0 spiro atoms. The minimum atomic E-state index is 0.883. The number of aromatic nitrogens is 1. The van der Waals surface area contributed by atoms with E-state index in [-0.39, 0.29) is 0 Å². The van der Waals surface area contributed by atoms with Crippen LogP contribution in [0.1, 0.15) is 16.8 Å². The molecular weight excluding hydrogens is 300 g/mol. The van der Waals surface area contributed by atoms with E-state index in [4.69, 9.17) is 9.47 Å². The lowest BCUT2D eigenvalue weighted by Crippen LogP contribution is -3.10. The first-order chi connectivity index (χ1) is 11.8. The molecule has 2 heterocycles. The predicted molar refractivity (Wildman–Crippen MR) is 94.8 cm³/mol. The summed E-state index contributed by atoms with van der Waals surface area (Å²) in [5.41, 5.74) is 5.32. The summed E-state index contributed by atoms with van der Waals surface area (Å²) in [6.07, 6.45) is 1.11. The Labute approximate surface area is 142 Å². The van der Waals surface area contributed by atoms with E-state index in [1.165, 1.54) is 27.7 Å². The van der Waals surface area contributed by atoms with Crippen LogP contribution in [-0.4, -0.2) is 25.7 Å². The van der Waals surface area contributed by atoms with Crippen LogP contribution >= 0.6 is 0 Å². The summed E-state index contributed by atoms with van der Waals surface area (Å²) in [6.45, 7) is 3.09. The van der Waals surface area contributed by atoms with Gasteiger partial charge in [-0.2, -0.15) is 0 Å². The lowest BCUT2D eigenvalue weighted by Gasteiger charge is -2.25. The summed E-state index contributed by atoms with van der Waals surface area (Å²) in [4.78, 5) is 5.15. The second-order valence-electron chi connectivity index (χ2n) is 6.41. The Morgan fingerprint density at radius 1 is 1.08 bits per heavy atom. The number of aromatic amines is 1. The van der Waals surface area contributed by atoms with Crippen molar-refractivity contribution in [2.45, 2.75) is 19.5 Å². The molecule has 0 saturated carbocycles. The van der Waals surface area contributed by atoms with Crippen LogP contribution < -0.4 is 14.4 Å². The largest absolute Gasteiger partial charge is 0.497 e. The van der Waals surface area contributed by atoms with Gasteiger partial charge in [0.2, 0.25) is 0 Å². The number of para-hydroxylation sites is 1. The SMILES string of the molecule is COc1ccc(OC)c(C[NH+]2CCc3c([nH]c4ccccc34)C2)c1. The summed E-state index contributed by atoms with van der Waals surface area (Å²) in [5.74, 6) is 1.82. The van der Waals surface area contributed by atoms with Crippen LogP contribution in [0.3, 0.4) is 0 Å². The molecule has 2 aromatic carbocycles. The maximum atomic E-state index is 5.53. The van der Waals surface area contributed by atoms with Gasteiger partial charge in [-0.1, -0.05) is 18.2 Å². The Balaban J connectivity index is 1.59. The molecule has 0 saturated heterocycles. The summed E-state index contributed by atoms with van der Waals surface area (Å²) in [6, 6.07) is 14.6. The number of benzene rings is 2. The van der Waals surface area contributed by atoms with Gasteiger partial charge in [0.05, 0.1) is 32.0 Å². The molecule has 4 rings (SSSR count). The summed E-state index contributed by atoms with van der Waals surface area (Å²) in [5, 5.41) is 1.38. The molecule has 4 nitrogen and oxygen atoms in total. The van der Waals surface area contributed by atoms with Gasteiger partial charge in [-0.25, -0.2) is 0 Å². The van der Waals surface area contributed by atoms with E-state index in [9.17, 15) is 0 Å². The average molecular weight is 323 g/mol. The normalized spacial score (nSPS) is 16.8. The van der Waals surface area contributed by atoms with E-state index in [0.717, 1.165) is 37.6 Å². The van der Waals surface area contributed by atoms with Crippen LogP contribution in [0.25, 0.3) is 10.9 Å². The van der Waals surface area contributed by atoms with Crippen molar-refractivity contribution in [1.29, 1.82) is 0 Å². The third-order valence-corrected chi connectivity index (χ3v) is 4.99. The van der Waals surface area contributed by atoms with Crippen LogP contribution in [0, 0.1) is 0 Å². The van der Waals surface area contributed by atoms with Crippen LogP contribution in [-0.2, 0) is 19.5 Å². The molecule has 0 aliphatic carbocycles. The second kappa shape index (κ2) is 6.21. The highest BCUT2D eigenvalue weighted by molar-refractivity contribution is 5.84. The molecule has 3 aromatic rings. The number of ether oxygens (including phenoxy) is 2. The van der Waals surface area contributed by atoms with Crippen molar-refractivity contribution in [3.63, 3.8) is 0 Å². The first kappa shape index (κ1) is 15.1. The Bertz CT molecular complexity index is 869. The molecular formula is C20H23N2O2+. The summed E-state index contributed by atoms with van der Waals surface area (Å²) >= 11 is 0. The maximum absolute atomic E-state index is 5.53. The molecule has 1 atom stereocenters.